The lowest BCUT2D eigenvalue weighted by atomic mass is 9.95. The van der Waals surface area contributed by atoms with Gasteiger partial charge in [-0.25, -0.2) is 8.78 Å². The van der Waals surface area contributed by atoms with E-state index in [4.69, 9.17) is 4.74 Å². The summed E-state index contributed by atoms with van der Waals surface area (Å²) in [6, 6.07) is 2.40. The van der Waals surface area contributed by atoms with Gasteiger partial charge in [0.05, 0.1) is 17.0 Å². The van der Waals surface area contributed by atoms with Crippen LogP contribution in [0.15, 0.2) is 16.6 Å². The van der Waals surface area contributed by atoms with Crippen molar-refractivity contribution in [1.29, 1.82) is 0 Å². The maximum atomic E-state index is 13.8. The first kappa shape index (κ1) is 14.1. The van der Waals surface area contributed by atoms with Crippen LogP contribution in [-0.2, 0) is 9.53 Å². The SMILES string of the molecule is CCOC(=O)C(CC)c1c(F)ccc(Br)c1F. The van der Waals surface area contributed by atoms with Gasteiger partial charge in [0.2, 0.25) is 0 Å². The van der Waals surface area contributed by atoms with Gasteiger partial charge < -0.3 is 4.74 Å². The monoisotopic (exact) mass is 306 g/mol. The Morgan fingerprint density at radius 3 is 2.59 bits per heavy atom. The summed E-state index contributed by atoms with van der Waals surface area (Å²) in [7, 11) is 0. The minimum absolute atomic E-state index is 0.136. The Bertz CT molecular complexity index is 421. The first-order valence-electron chi connectivity index (χ1n) is 5.32. The predicted octanol–water partition coefficient (Wildman–Crippen LogP) is 3.78. The van der Waals surface area contributed by atoms with Crippen LogP contribution in [0.4, 0.5) is 8.78 Å². The zero-order valence-corrected chi connectivity index (χ0v) is 11.2. The van der Waals surface area contributed by atoms with Crippen molar-refractivity contribution in [2.45, 2.75) is 26.2 Å². The summed E-state index contributed by atoms with van der Waals surface area (Å²) in [6.45, 7) is 3.52. The summed E-state index contributed by atoms with van der Waals surface area (Å²) in [5.41, 5.74) is -0.236. The zero-order valence-electron chi connectivity index (χ0n) is 9.60. The van der Waals surface area contributed by atoms with Crippen LogP contribution in [0.5, 0.6) is 0 Å². The van der Waals surface area contributed by atoms with Gasteiger partial charge in [-0.3, -0.25) is 4.79 Å². The summed E-state index contributed by atoms with van der Waals surface area (Å²) in [6.07, 6.45) is 0.281. The number of halogens is 3. The lowest BCUT2D eigenvalue weighted by molar-refractivity contribution is -0.145. The Labute approximate surface area is 107 Å². The molecule has 0 saturated heterocycles. The molecule has 1 aromatic rings. The van der Waals surface area contributed by atoms with E-state index in [1.54, 1.807) is 13.8 Å². The van der Waals surface area contributed by atoms with Crippen molar-refractivity contribution in [3.8, 4) is 0 Å². The molecule has 5 heteroatoms. The number of ether oxygens (including phenoxy) is 1. The quantitative estimate of drug-likeness (QED) is 0.625. The molecule has 1 rings (SSSR count). The van der Waals surface area contributed by atoms with Gasteiger partial charge in [0.1, 0.15) is 11.6 Å². The lowest BCUT2D eigenvalue weighted by Crippen LogP contribution is -2.18. The molecular formula is C12H13BrF2O2. The average Bonchev–Trinajstić information content (AvgIpc) is 2.30. The highest BCUT2D eigenvalue weighted by atomic mass is 79.9. The zero-order chi connectivity index (χ0) is 13.0. The minimum Gasteiger partial charge on any atom is -0.466 e. The van der Waals surface area contributed by atoms with E-state index in [0.717, 1.165) is 6.07 Å². The van der Waals surface area contributed by atoms with Crippen LogP contribution in [0.3, 0.4) is 0 Å². The molecule has 1 aromatic carbocycles. The summed E-state index contributed by atoms with van der Waals surface area (Å²) in [5.74, 6) is -2.99. The molecule has 0 saturated carbocycles. The number of carbonyl (C=O) groups excluding carboxylic acids is 1. The molecule has 1 atom stereocenters. The third-order valence-corrected chi connectivity index (χ3v) is 3.02. The first-order valence-corrected chi connectivity index (χ1v) is 6.12. The van der Waals surface area contributed by atoms with E-state index in [2.05, 4.69) is 15.9 Å². The Hall–Kier alpha value is -0.970. The van der Waals surface area contributed by atoms with E-state index in [1.165, 1.54) is 6.07 Å². The number of hydrogen-bond acceptors (Lipinski definition) is 2. The molecule has 0 bridgehead atoms. The maximum absolute atomic E-state index is 13.8. The minimum atomic E-state index is -0.910. The Morgan fingerprint density at radius 2 is 2.06 bits per heavy atom. The maximum Gasteiger partial charge on any atom is 0.313 e. The first-order chi connectivity index (χ1) is 8.02. The molecular weight excluding hydrogens is 294 g/mol. The van der Waals surface area contributed by atoms with Gasteiger partial charge in [-0.2, -0.15) is 0 Å². The standard InChI is InChI=1S/C12H13BrF2O2/c1-3-7(12(16)17-4-2)10-9(14)6-5-8(13)11(10)15/h5-7H,3-4H2,1-2H3. The highest BCUT2D eigenvalue weighted by Crippen LogP contribution is 2.30. The van der Waals surface area contributed by atoms with Crippen LogP contribution in [0.25, 0.3) is 0 Å². The van der Waals surface area contributed by atoms with Gasteiger partial charge in [-0.15, -0.1) is 0 Å². The van der Waals surface area contributed by atoms with E-state index >= 15 is 0 Å². The molecule has 0 aliphatic rings. The number of esters is 1. The molecule has 0 aromatic heterocycles. The Balaban J connectivity index is 3.20. The summed E-state index contributed by atoms with van der Waals surface area (Å²) >= 11 is 2.97. The highest BCUT2D eigenvalue weighted by Gasteiger charge is 2.27. The normalized spacial score (nSPS) is 12.3. The smallest absolute Gasteiger partial charge is 0.313 e. The fraction of sp³-hybridized carbons (Fsp3) is 0.417. The van der Waals surface area contributed by atoms with Crippen LogP contribution in [-0.4, -0.2) is 12.6 Å². The predicted molar refractivity (Wildman–Crippen MR) is 63.7 cm³/mol. The topological polar surface area (TPSA) is 26.3 Å². The third-order valence-electron chi connectivity index (χ3n) is 2.41. The third kappa shape index (κ3) is 3.03. The molecule has 0 fully saturated rings. The molecule has 0 heterocycles. The van der Waals surface area contributed by atoms with Crippen molar-refractivity contribution in [2.75, 3.05) is 6.61 Å². The van der Waals surface area contributed by atoms with E-state index in [-0.39, 0.29) is 23.1 Å². The van der Waals surface area contributed by atoms with Gasteiger partial charge in [0, 0.05) is 5.56 Å². The van der Waals surface area contributed by atoms with Crippen molar-refractivity contribution in [1.82, 2.24) is 0 Å². The fourth-order valence-electron chi connectivity index (χ4n) is 1.59. The van der Waals surface area contributed by atoms with Gasteiger partial charge in [-0.1, -0.05) is 6.92 Å². The second kappa shape index (κ2) is 6.10. The summed E-state index contributed by atoms with van der Waals surface area (Å²) in [4.78, 5) is 11.6. The molecule has 0 N–H and O–H groups in total. The van der Waals surface area contributed by atoms with E-state index < -0.39 is 23.5 Å². The Morgan fingerprint density at radius 1 is 1.41 bits per heavy atom. The van der Waals surface area contributed by atoms with Crippen molar-refractivity contribution >= 4 is 21.9 Å². The van der Waals surface area contributed by atoms with E-state index in [9.17, 15) is 13.6 Å². The number of benzene rings is 1. The van der Waals surface area contributed by atoms with Crippen LogP contribution in [0, 0.1) is 11.6 Å². The van der Waals surface area contributed by atoms with Crippen molar-refractivity contribution < 1.29 is 18.3 Å². The molecule has 0 radical (unpaired) electrons. The fourth-order valence-corrected chi connectivity index (χ4v) is 1.94. The van der Waals surface area contributed by atoms with E-state index in [0.29, 0.717) is 0 Å². The second-order valence-corrected chi connectivity index (χ2v) is 4.32. The van der Waals surface area contributed by atoms with Crippen LogP contribution in [0.1, 0.15) is 31.7 Å². The second-order valence-electron chi connectivity index (χ2n) is 3.47. The molecule has 0 aliphatic heterocycles. The summed E-state index contributed by atoms with van der Waals surface area (Å²) in [5, 5.41) is 0. The highest BCUT2D eigenvalue weighted by molar-refractivity contribution is 9.10. The molecule has 0 spiro atoms. The molecule has 94 valence electrons. The Kier molecular flexibility index (Phi) is 5.05. The van der Waals surface area contributed by atoms with Crippen LogP contribution < -0.4 is 0 Å². The molecule has 0 aliphatic carbocycles. The van der Waals surface area contributed by atoms with Crippen LogP contribution >= 0.6 is 15.9 Å². The number of hydrogen-bond donors (Lipinski definition) is 0. The summed E-state index contributed by atoms with van der Waals surface area (Å²) < 4.78 is 32.4. The van der Waals surface area contributed by atoms with Gasteiger partial charge in [-0.05, 0) is 41.4 Å². The molecule has 17 heavy (non-hydrogen) atoms. The lowest BCUT2D eigenvalue weighted by Gasteiger charge is -2.16. The largest absolute Gasteiger partial charge is 0.466 e. The average molecular weight is 307 g/mol. The van der Waals surface area contributed by atoms with E-state index in [1.807, 2.05) is 0 Å². The van der Waals surface area contributed by atoms with Crippen LogP contribution in [0.2, 0.25) is 0 Å². The molecule has 0 amide bonds. The van der Waals surface area contributed by atoms with Gasteiger partial charge >= 0.3 is 5.97 Å². The van der Waals surface area contributed by atoms with Gasteiger partial charge in [0.15, 0.2) is 0 Å². The number of carbonyl (C=O) groups is 1. The molecule has 2 nitrogen and oxygen atoms in total. The number of rotatable bonds is 4. The van der Waals surface area contributed by atoms with Crippen molar-refractivity contribution in [2.24, 2.45) is 0 Å². The molecule has 1 unspecified atom stereocenters. The van der Waals surface area contributed by atoms with Gasteiger partial charge in [0.25, 0.3) is 0 Å². The van der Waals surface area contributed by atoms with Crippen molar-refractivity contribution in [3.63, 3.8) is 0 Å². The van der Waals surface area contributed by atoms with Crippen molar-refractivity contribution in [3.05, 3.63) is 33.8 Å².